The Labute approximate surface area is 149 Å². The summed E-state index contributed by atoms with van der Waals surface area (Å²) in [6.45, 7) is 0.675. The standard InChI is InChI=1S/C19H15ClN2O3/c1-25-16-7-6-14(20)13-8-9-21-15(17(13)16)10-22-18(23)11-4-2-3-5-12(11)19(22)24/h2-7H,8-10H2,1H3. The number of nitrogens with zero attached hydrogens (tertiary/aromatic N) is 2. The number of ether oxygens (including phenoxy) is 1. The third kappa shape index (κ3) is 2.43. The molecule has 2 aromatic rings. The van der Waals surface area contributed by atoms with Crippen LogP contribution in [0, 0.1) is 0 Å². The van der Waals surface area contributed by atoms with E-state index in [1.54, 1.807) is 43.5 Å². The van der Waals surface area contributed by atoms with Crippen LogP contribution >= 0.6 is 11.6 Å². The van der Waals surface area contributed by atoms with Crippen molar-refractivity contribution in [2.75, 3.05) is 20.2 Å². The van der Waals surface area contributed by atoms with Crippen molar-refractivity contribution in [1.29, 1.82) is 0 Å². The number of methoxy groups -OCH3 is 1. The van der Waals surface area contributed by atoms with Gasteiger partial charge in [-0.3, -0.25) is 19.5 Å². The number of carbonyl (C=O) groups excluding carboxylic acids is 2. The van der Waals surface area contributed by atoms with Crippen LogP contribution in [0.1, 0.15) is 31.8 Å². The normalized spacial score (nSPS) is 15.8. The number of halogens is 1. The van der Waals surface area contributed by atoms with Crippen molar-refractivity contribution in [2.45, 2.75) is 6.42 Å². The van der Waals surface area contributed by atoms with Crippen molar-refractivity contribution in [2.24, 2.45) is 4.99 Å². The molecule has 4 rings (SSSR count). The highest BCUT2D eigenvalue weighted by molar-refractivity contribution is 6.32. The first-order valence-electron chi connectivity index (χ1n) is 7.96. The van der Waals surface area contributed by atoms with Crippen LogP contribution in [0.4, 0.5) is 0 Å². The molecule has 126 valence electrons. The zero-order valence-electron chi connectivity index (χ0n) is 13.6. The predicted molar refractivity (Wildman–Crippen MR) is 94.9 cm³/mol. The molecule has 0 radical (unpaired) electrons. The lowest BCUT2D eigenvalue weighted by molar-refractivity contribution is 0.0677. The fraction of sp³-hybridized carbons (Fsp3) is 0.211. The quantitative estimate of drug-likeness (QED) is 0.796. The fourth-order valence-electron chi connectivity index (χ4n) is 3.38. The van der Waals surface area contributed by atoms with E-state index in [4.69, 9.17) is 16.3 Å². The highest BCUT2D eigenvalue weighted by Crippen LogP contribution is 2.33. The Morgan fingerprint density at radius 1 is 1.12 bits per heavy atom. The van der Waals surface area contributed by atoms with Crippen LogP contribution in [0.25, 0.3) is 0 Å². The SMILES string of the molecule is COc1ccc(Cl)c2c1C(CN1C(=O)c3ccccc3C1=O)=NCC2. The second kappa shape index (κ2) is 6.01. The van der Waals surface area contributed by atoms with Crippen molar-refractivity contribution < 1.29 is 14.3 Å². The van der Waals surface area contributed by atoms with Gasteiger partial charge in [0.15, 0.2) is 0 Å². The van der Waals surface area contributed by atoms with Gasteiger partial charge in [-0.2, -0.15) is 0 Å². The van der Waals surface area contributed by atoms with Crippen LogP contribution < -0.4 is 4.74 Å². The number of imide groups is 1. The molecule has 2 aromatic carbocycles. The summed E-state index contributed by atoms with van der Waals surface area (Å²) >= 11 is 6.33. The van der Waals surface area contributed by atoms with E-state index in [0.29, 0.717) is 40.6 Å². The fourth-order valence-corrected chi connectivity index (χ4v) is 3.63. The highest BCUT2D eigenvalue weighted by atomic mass is 35.5. The third-order valence-corrected chi connectivity index (χ3v) is 4.93. The molecule has 0 bridgehead atoms. The zero-order valence-corrected chi connectivity index (χ0v) is 14.3. The summed E-state index contributed by atoms with van der Waals surface area (Å²) in [5, 5.41) is 0.644. The predicted octanol–water partition coefficient (Wildman–Crippen LogP) is 2.99. The Morgan fingerprint density at radius 2 is 1.80 bits per heavy atom. The number of aliphatic imine (C=N–C) groups is 1. The van der Waals surface area contributed by atoms with Crippen LogP contribution in [0.3, 0.4) is 0 Å². The van der Waals surface area contributed by atoms with E-state index in [0.717, 1.165) is 11.1 Å². The van der Waals surface area contributed by atoms with E-state index in [1.807, 2.05) is 0 Å². The van der Waals surface area contributed by atoms with Crippen LogP contribution in [-0.2, 0) is 6.42 Å². The van der Waals surface area contributed by atoms with Gasteiger partial charge in [-0.1, -0.05) is 23.7 Å². The second-order valence-corrected chi connectivity index (χ2v) is 6.33. The average Bonchev–Trinajstić information content (AvgIpc) is 2.88. The molecule has 0 unspecified atom stereocenters. The maximum atomic E-state index is 12.6. The molecule has 0 spiro atoms. The van der Waals surface area contributed by atoms with E-state index >= 15 is 0 Å². The molecule has 2 heterocycles. The van der Waals surface area contributed by atoms with Crippen molar-refractivity contribution in [3.05, 3.63) is 63.7 Å². The summed E-state index contributed by atoms with van der Waals surface area (Å²) in [6, 6.07) is 10.4. The Hall–Kier alpha value is -2.66. The maximum absolute atomic E-state index is 12.6. The molecule has 0 saturated heterocycles. The molecule has 2 aliphatic heterocycles. The molecule has 0 fully saturated rings. The Kier molecular flexibility index (Phi) is 3.81. The van der Waals surface area contributed by atoms with Gasteiger partial charge in [0.1, 0.15) is 5.75 Å². The molecule has 6 heteroatoms. The van der Waals surface area contributed by atoms with Gasteiger partial charge < -0.3 is 4.74 Å². The Bertz CT molecular complexity index is 901. The first-order chi connectivity index (χ1) is 12.1. The van der Waals surface area contributed by atoms with Crippen molar-refractivity contribution in [1.82, 2.24) is 4.90 Å². The van der Waals surface area contributed by atoms with Crippen LogP contribution in [-0.4, -0.2) is 42.6 Å². The molecule has 0 atom stereocenters. The van der Waals surface area contributed by atoms with E-state index in [-0.39, 0.29) is 18.4 Å². The minimum absolute atomic E-state index is 0.107. The topological polar surface area (TPSA) is 59.0 Å². The summed E-state index contributed by atoms with van der Waals surface area (Å²) in [6.07, 6.45) is 0.705. The number of hydrogen-bond donors (Lipinski definition) is 0. The summed E-state index contributed by atoms with van der Waals surface area (Å²) < 4.78 is 5.45. The molecule has 25 heavy (non-hydrogen) atoms. The molecule has 0 saturated carbocycles. The maximum Gasteiger partial charge on any atom is 0.261 e. The molecule has 5 nitrogen and oxygen atoms in total. The molecule has 2 amide bonds. The van der Waals surface area contributed by atoms with Crippen LogP contribution in [0.2, 0.25) is 5.02 Å². The van der Waals surface area contributed by atoms with Gasteiger partial charge in [0, 0.05) is 17.1 Å². The molecular weight excluding hydrogens is 340 g/mol. The van der Waals surface area contributed by atoms with Crippen molar-refractivity contribution in [3.8, 4) is 5.75 Å². The number of fused-ring (bicyclic) bond motifs is 2. The van der Waals surface area contributed by atoms with Crippen molar-refractivity contribution >= 4 is 29.1 Å². The summed E-state index contributed by atoms with van der Waals surface area (Å²) in [5.41, 5.74) is 3.25. The summed E-state index contributed by atoms with van der Waals surface area (Å²) in [4.78, 5) is 31.0. The average molecular weight is 355 g/mol. The monoisotopic (exact) mass is 354 g/mol. The first-order valence-corrected chi connectivity index (χ1v) is 8.34. The van der Waals surface area contributed by atoms with Crippen LogP contribution in [0.5, 0.6) is 5.75 Å². The molecule has 0 aromatic heterocycles. The minimum Gasteiger partial charge on any atom is -0.496 e. The number of hydrogen-bond acceptors (Lipinski definition) is 4. The van der Waals surface area contributed by atoms with Gasteiger partial charge in [-0.05, 0) is 36.2 Å². The van der Waals surface area contributed by atoms with Gasteiger partial charge in [-0.25, -0.2) is 0 Å². The van der Waals surface area contributed by atoms with E-state index in [9.17, 15) is 9.59 Å². The van der Waals surface area contributed by atoms with Gasteiger partial charge in [0.2, 0.25) is 0 Å². The lowest BCUT2D eigenvalue weighted by atomic mass is 9.96. The van der Waals surface area contributed by atoms with Crippen molar-refractivity contribution in [3.63, 3.8) is 0 Å². The number of benzene rings is 2. The van der Waals surface area contributed by atoms with E-state index in [1.165, 1.54) is 4.90 Å². The van der Waals surface area contributed by atoms with E-state index < -0.39 is 0 Å². The lowest BCUT2D eigenvalue weighted by Gasteiger charge is -2.23. The smallest absolute Gasteiger partial charge is 0.261 e. The molecule has 0 N–H and O–H groups in total. The Morgan fingerprint density at radius 3 is 2.44 bits per heavy atom. The molecular formula is C19H15ClN2O3. The zero-order chi connectivity index (χ0) is 17.6. The third-order valence-electron chi connectivity index (χ3n) is 4.58. The van der Waals surface area contributed by atoms with Gasteiger partial charge in [0.05, 0.1) is 30.5 Å². The number of amides is 2. The first kappa shape index (κ1) is 15.8. The molecule has 0 aliphatic carbocycles. The Balaban J connectivity index is 1.73. The van der Waals surface area contributed by atoms with E-state index in [2.05, 4.69) is 4.99 Å². The largest absolute Gasteiger partial charge is 0.496 e. The minimum atomic E-state index is -0.295. The van der Waals surface area contributed by atoms with Gasteiger partial charge in [-0.15, -0.1) is 0 Å². The second-order valence-electron chi connectivity index (χ2n) is 5.92. The summed E-state index contributed by atoms with van der Waals surface area (Å²) in [7, 11) is 1.58. The van der Waals surface area contributed by atoms with Crippen LogP contribution in [0.15, 0.2) is 41.4 Å². The molecule has 2 aliphatic rings. The van der Waals surface area contributed by atoms with Gasteiger partial charge >= 0.3 is 0 Å². The lowest BCUT2D eigenvalue weighted by Crippen LogP contribution is -2.36. The number of rotatable bonds is 3. The number of carbonyl (C=O) groups is 2. The van der Waals surface area contributed by atoms with Gasteiger partial charge in [0.25, 0.3) is 11.8 Å². The summed E-state index contributed by atoms with van der Waals surface area (Å²) in [5.74, 6) is 0.0577. The highest BCUT2D eigenvalue weighted by Gasteiger charge is 2.37.